The van der Waals surface area contributed by atoms with E-state index in [0.717, 1.165) is 49.8 Å². The minimum absolute atomic E-state index is 0.387. The van der Waals surface area contributed by atoms with Gasteiger partial charge in [0.05, 0.1) is 20.8 Å². The molecule has 0 spiro atoms. The molecule has 4 nitrogen and oxygen atoms in total. The third-order valence-corrected chi connectivity index (χ3v) is 7.47. The fraction of sp³-hybridized carbons (Fsp3) is 0.333. The maximum Gasteiger partial charge on any atom is 0.119 e. The third kappa shape index (κ3) is 5.91. The first kappa shape index (κ1) is 25.2. The molecule has 1 aliphatic heterocycles. The molecule has 1 fully saturated rings. The molecule has 0 aliphatic carbocycles. The van der Waals surface area contributed by atoms with Gasteiger partial charge in [0, 0.05) is 6.04 Å². The van der Waals surface area contributed by atoms with Gasteiger partial charge in [0.1, 0.15) is 17.2 Å². The molecule has 1 heterocycles. The number of unbranched alkanes of at least 4 members (excludes halogenated alkanes) is 1. The van der Waals surface area contributed by atoms with Crippen LogP contribution in [-0.4, -0.2) is 38.8 Å². The van der Waals surface area contributed by atoms with Crippen molar-refractivity contribution in [3.05, 3.63) is 90.5 Å². The summed E-state index contributed by atoms with van der Waals surface area (Å²) in [5, 5.41) is 2.55. The van der Waals surface area contributed by atoms with Crippen LogP contribution in [0.5, 0.6) is 17.2 Å². The van der Waals surface area contributed by atoms with E-state index in [1.807, 2.05) is 30.3 Å². The molecule has 4 heteroatoms. The molecule has 1 aliphatic rings. The van der Waals surface area contributed by atoms with E-state index in [1.165, 1.54) is 46.7 Å². The average Bonchev–Trinajstić information content (AvgIpc) is 2.97. The Morgan fingerprint density at radius 3 is 2.32 bits per heavy atom. The van der Waals surface area contributed by atoms with Gasteiger partial charge in [0.25, 0.3) is 0 Å². The van der Waals surface area contributed by atoms with Crippen LogP contribution in [0.2, 0.25) is 0 Å². The number of methoxy groups -OCH3 is 2. The van der Waals surface area contributed by atoms with Crippen LogP contribution < -0.4 is 14.2 Å². The quantitative estimate of drug-likeness (QED) is 0.209. The van der Waals surface area contributed by atoms with Gasteiger partial charge in [-0.3, -0.25) is 4.90 Å². The smallest absolute Gasteiger partial charge is 0.119 e. The van der Waals surface area contributed by atoms with Crippen LogP contribution in [0.25, 0.3) is 21.9 Å². The molecule has 4 aromatic rings. The Morgan fingerprint density at radius 1 is 0.757 bits per heavy atom. The molecular weight excluding hydrogens is 458 g/mol. The van der Waals surface area contributed by atoms with Crippen LogP contribution in [0.15, 0.2) is 84.9 Å². The SMILES string of the molecule is COc1ccc(-c2ccc3cc(OC)ccc3c2C2CCCCN2CCCCOc2ccccc2)cc1. The Balaban J connectivity index is 1.41. The number of nitrogens with zero attached hydrogens (tertiary/aromatic N) is 1. The van der Waals surface area contributed by atoms with Crippen molar-refractivity contribution in [2.75, 3.05) is 33.9 Å². The number of likely N-dealkylation sites (tertiary alicyclic amines) is 1. The van der Waals surface area contributed by atoms with E-state index in [-0.39, 0.29) is 0 Å². The molecular formula is C33H37NO3. The summed E-state index contributed by atoms with van der Waals surface area (Å²) in [5.74, 6) is 2.73. The first-order valence-corrected chi connectivity index (χ1v) is 13.4. The van der Waals surface area contributed by atoms with Crippen molar-refractivity contribution in [1.29, 1.82) is 0 Å². The number of hydrogen-bond acceptors (Lipinski definition) is 4. The van der Waals surface area contributed by atoms with E-state index in [0.29, 0.717) is 6.04 Å². The van der Waals surface area contributed by atoms with Gasteiger partial charge in [-0.25, -0.2) is 0 Å². The second-order valence-electron chi connectivity index (χ2n) is 9.76. The molecule has 0 aromatic heterocycles. The van der Waals surface area contributed by atoms with Crippen molar-refractivity contribution in [3.8, 4) is 28.4 Å². The minimum Gasteiger partial charge on any atom is -0.497 e. The summed E-state index contributed by atoms with van der Waals surface area (Å²) >= 11 is 0. The molecule has 0 bridgehead atoms. The van der Waals surface area contributed by atoms with E-state index in [9.17, 15) is 0 Å². The number of para-hydroxylation sites is 1. The van der Waals surface area contributed by atoms with Crippen molar-refractivity contribution in [2.45, 2.75) is 38.1 Å². The van der Waals surface area contributed by atoms with Gasteiger partial charge in [-0.1, -0.05) is 55.0 Å². The number of fused-ring (bicyclic) bond motifs is 1. The summed E-state index contributed by atoms with van der Waals surface area (Å²) in [4.78, 5) is 2.71. The zero-order chi connectivity index (χ0) is 25.5. The summed E-state index contributed by atoms with van der Waals surface area (Å²) in [6.07, 6.45) is 5.87. The monoisotopic (exact) mass is 495 g/mol. The highest BCUT2D eigenvalue weighted by Gasteiger charge is 2.27. The molecule has 192 valence electrons. The fourth-order valence-corrected chi connectivity index (χ4v) is 5.55. The lowest BCUT2D eigenvalue weighted by Gasteiger charge is -2.38. The molecule has 4 aromatic carbocycles. The molecule has 0 saturated carbocycles. The highest BCUT2D eigenvalue weighted by atomic mass is 16.5. The predicted molar refractivity (Wildman–Crippen MR) is 152 cm³/mol. The van der Waals surface area contributed by atoms with Crippen LogP contribution in [0.3, 0.4) is 0 Å². The average molecular weight is 496 g/mol. The van der Waals surface area contributed by atoms with E-state index in [1.54, 1.807) is 14.2 Å². The lowest BCUT2D eigenvalue weighted by atomic mass is 9.85. The van der Waals surface area contributed by atoms with Gasteiger partial charge >= 0.3 is 0 Å². The first-order chi connectivity index (χ1) is 18.3. The zero-order valence-corrected chi connectivity index (χ0v) is 22.0. The van der Waals surface area contributed by atoms with E-state index >= 15 is 0 Å². The number of hydrogen-bond donors (Lipinski definition) is 0. The van der Waals surface area contributed by atoms with Crippen LogP contribution in [0, 0.1) is 0 Å². The molecule has 0 N–H and O–H groups in total. The molecule has 1 unspecified atom stereocenters. The van der Waals surface area contributed by atoms with Crippen molar-refractivity contribution in [3.63, 3.8) is 0 Å². The van der Waals surface area contributed by atoms with Crippen LogP contribution in [-0.2, 0) is 0 Å². The second kappa shape index (κ2) is 12.2. The van der Waals surface area contributed by atoms with Gasteiger partial charge in [0.2, 0.25) is 0 Å². The van der Waals surface area contributed by atoms with E-state index < -0.39 is 0 Å². The Kier molecular flexibility index (Phi) is 8.27. The van der Waals surface area contributed by atoms with Crippen LogP contribution in [0.4, 0.5) is 0 Å². The highest BCUT2D eigenvalue weighted by Crippen LogP contribution is 2.42. The Bertz CT molecular complexity index is 1290. The summed E-state index contributed by atoms with van der Waals surface area (Å²) in [5.41, 5.74) is 3.98. The van der Waals surface area contributed by atoms with Gasteiger partial charge in [0.15, 0.2) is 0 Å². The van der Waals surface area contributed by atoms with Crippen LogP contribution in [0.1, 0.15) is 43.7 Å². The van der Waals surface area contributed by atoms with Crippen molar-refractivity contribution < 1.29 is 14.2 Å². The highest BCUT2D eigenvalue weighted by molar-refractivity contribution is 5.93. The Hall–Kier alpha value is -3.50. The maximum absolute atomic E-state index is 5.94. The number of ether oxygens (including phenoxy) is 3. The largest absolute Gasteiger partial charge is 0.497 e. The predicted octanol–water partition coefficient (Wildman–Crippen LogP) is 7.91. The summed E-state index contributed by atoms with van der Waals surface area (Å²) in [7, 11) is 3.45. The molecule has 1 atom stereocenters. The van der Waals surface area contributed by atoms with Gasteiger partial charge in [-0.05, 0) is 103 Å². The standard InChI is InChI=1S/C33H37NO3/c1-35-27-16-13-25(14-17-27)30-19-15-26-24-29(36-2)18-20-31(26)33(30)32-12-6-7-21-34(32)22-8-9-23-37-28-10-4-3-5-11-28/h3-5,10-11,13-20,24,32H,6-9,12,21-23H2,1-2H3. The Labute approximate surface area is 220 Å². The second-order valence-corrected chi connectivity index (χ2v) is 9.76. The van der Waals surface area contributed by atoms with Crippen molar-refractivity contribution in [1.82, 2.24) is 4.90 Å². The Morgan fingerprint density at radius 2 is 1.54 bits per heavy atom. The fourth-order valence-electron chi connectivity index (χ4n) is 5.55. The van der Waals surface area contributed by atoms with Gasteiger partial charge < -0.3 is 14.2 Å². The molecule has 0 amide bonds. The van der Waals surface area contributed by atoms with Crippen LogP contribution >= 0.6 is 0 Å². The molecule has 5 rings (SSSR count). The molecule has 0 radical (unpaired) electrons. The lowest BCUT2D eigenvalue weighted by Crippen LogP contribution is -2.34. The third-order valence-electron chi connectivity index (χ3n) is 7.47. The normalized spacial score (nSPS) is 16.0. The van der Waals surface area contributed by atoms with Gasteiger partial charge in [-0.2, -0.15) is 0 Å². The summed E-state index contributed by atoms with van der Waals surface area (Å²) < 4.78 is 16.9. The van der Waals surface area contributed by atoms with E-state index in [2.05, 4.69) is 59.5 Å². The maximum atomic E-state index is 5.94. The zero-order valence-electron chi connectivity index (χ0n) is 22.0. The number of rotatable bonds is 10. The lowest BCUT2D eigenvalue weighted by molar-refractivity contribution is 0.144. The summed E-state index contributed by atoms with van der Waals surface area (Å²) in [6, 6.07) is 30.0. The van der Waals surface area contributed by atoms with E-state index in [4.69, 9.17) is 14.2 Å². The minimum atomic E-state index is 0.387. The number of benzene rings is 4. The molecule has 37 heavy (non-hydrogen) atoms. The van der Waals surface area contributed by atoms with Crippen molar-refractivity contribution >= 4 is 10.8 Å². The van der Waals surface area contributed by atoms with Crippen molar-refractivity contribution in [2.24, 2.45) is 0 Å². The molecule has 1 saturated heterocycles. The first-order valence-electron chi connectivity index (χ1n) is 13.4. The summed E-state index contributed by atoms with van der Waals surface area (Å²) in [6.45, 7) is 2.98. The number of piperidine rings is 1. The topological polar surface area (TPSA) is 30.9 Å². The van der Waals surface area contributed by atoms with Gasteiger partial charge in [-0.15, -0.1) is 0 Å².